The monoisotopic (exact) mass is 378 g/mol. The molecule has 146 valence electrons. The van der Waals surface area contributed by atoms with Gasteiger partial charge in [0.2, 0.25) is 11.8 Å². The Kier molecular flexibility index (Phi) is 5.25. The molecule has 0 saturated carbocycles. The molecule has 0 bridgehead atoms. The highest BCUT2D eigenvalue weighted by Crippen LogP contribution is 2.21. The van der Waals surface area contributed by atoms with Crippen LogP contribution in [0.25, 0.3) is 11.5 Å². The first kappa shape index (κ1) is 18.4. The van der Waals surface area contributed by atoms with Gasteiger partial charge in [-0.05, 0) is 19.1 Å². The van der Waals surface area contributed by atoms with E-state index in [1.165, 1.54) is 0 Å². The van der Waals surface area contributed by atoms with E-state index in [0.717, 1.165) is 61.5 Å². The molecule has 1 fully saturated rings. The molecule has 1 aromatic carbocycles. The van der Waals surface area contributed by atoms with Crippen molar-refractivity contribution in [3.8, 4) is 11.5 Å². The zero-order chi connectivity index (χ0) is 19.5. The minimum atomic E-state index is 0.682. The molecular formula is C21H26N6O. The van der Waals surface area contributed by atoms with Crippen LogP contribution in [0.4, 0.5) is 11.8 Å². The highest BCUT2D eigenvalue weighted by Gasteiger charge is 2.20. The molecule has 7 nitrogen and oxygen atoms in total. The lowest BCUT2D eigenvalue weighted by atomic mass is 10.2. The van der Waals surface area contributed by atoms with Crippen LogP contribution in [0.1, 0.15) is 11.5 Å². The van der Waals surface area contributed by atoms with Crippen molar-refractivity contribution in [3.63, 3.8) is 0 Å². The van der Waals surface area contributed by atoms with Crippen molar-refractivity contribution >= 4 is 11.8 Å². The molecule has 1 aliphatic rings. The number of rotatable bonds is 5. The van der Waals surface area contributed by atoms with Crippen LogP contribution in [0.3, 0.4) is 0 Å². The Labute approximate surface area is 165 Å². The fourth-order valence-corrected chi connectivity index (χ4v) is 3.35. The fourth-order valence-electron chi connectivity index (χ4n) is 3.35. The summed E-state index contributed by atoms with van der Waals surface area (Å²) >= 11 is 0. The van der Waals surface area contributed by atoms with Gasteiger partial charge in [0, 0.05) is 57.6 Å². The highest BCUT2D eigenvalue weighted by molar-refractivity contribution is 5.52. The second kappa shape index (κ2) is 7.98. The first-order chi connectivity index (χ1) is 13.6. The van der Waals surface area contributed by atoms with Crippen molar-refractivity contribution < 1.29 is 4.42 Å². The molecule has 0 N–H and O–H groups in total. The van der Waals surface area contributed by atoms with Crippen molar-refractivity contribution in [1.29, 1.82) is 0 Å². The van der Waals surface area contributed by atoms with Crippen LogP contribution >= 0.6 is 0 Å². The molecule has 0 spiro atoms. The summed E-state index contributed by atoms with van der Waals surface area (Å²) in [5.74, 6) is 3.34. The lowest BCUT2D eigenvalue weighted by Crippen LogP contribution is -2.46. The summed E-state index contributed by atoms with van der Waals surface area (Å²) in [6.07, 6.45) is 1.84. The van der Waals surface area contributed by atoms with E-state index in [1.807, 2.05) is 62.4 Å². The van der Waals surface area contributed by atoms with Crippen LogP contribution < -0.4 is 9.80 Å². The molecule has 0 aliphatic carbocycles. The molecule has 0 unspecified atom stereocenters. The Morgan fingerprint density at radius 2 is 1.79 bits per heavy atom. The number of nitrogens with zero attached hydrogens (tertiary/aromatic N) is 6. The predicted octanol–water partition coefficient (Wildman–Crippen LogP) is 2.83. The van der Waals surface area contributed by atoms with Gasteiger partial charge in [-0.15, -0.1) is 0 Å². The summed E-state index contributed by atoms with van der Waals surface area (Å²) in [6, 6.07) is 12.1. The largest absolute Gasteiger partial charge is 0.440 e. The standard InChI is InChI=1S/C21H26N6O/c1-16-13-19(24-21(23-16)25(2)3)27-11-9-26(10-12-27)15-18-14-22-20(28-18)17-7-5-4-6-8-17/h4-8,13-14H,9-12,15H2,1-3H3. The second-order valence-electron chi connectivity index (χ2n) is 7.32. The third-order valence-electron chi connectivity index (χ3n) is 4.88. The molecule has 0 atom stereocenters. The molecule has 0 amide bonds. The number of anilines is 2. The van der Waals surface area contributed by atoms with Crippen LogP contribution in [0.15, 0.2) is 47.0 Å². The third kappa shape index (κ3) is 4.14. The Bertz CT molecular complexity index is 916. The smallest absolute Gasteiger partial charge is 0.226 e. The van der Waals surface area contributed by atoms with Crippen molar-refractivity contribution in [2.75, 3.05) is 50.1 Å². The van der Waals surface area contributed by atoms with Gasteiger partial charge in [0.25, 0.3) is 0 Å². The lowest BCUT2D eigenvalue weighted by molar-refractivity contribution is 0.231. The number of aryl methyl sites for hydroxylation is 1. The topological polar surface area (TPSA) is 61.5 Å². The zero-order valence-electron chi connectivity index (χ0n) is 16.7. The maximum Gasteiger partial charge on any atom is 0.226 e. The molecule has 7 heteroatoms. The van der Waals surface area contributed by atoms with E-state index in [1.54, 1.807) is 0 Å². The minimum Gasteiger partial charge on any atom is -0.440 e. The van der Waals surface area contributed by atoms with Gasteiger partial charge in [-0.2, -0.15) is 4.98 Å². The van der Waals surface area contributed by atoms with Gasteiger partial charge in [0.05, 0.1) is 12.7 Å². The van der Waals surface area contributed by atoms with Crippen LogP contribution in [0.2, 0.25) is 0 Å². The van der Waals surface area contributed by atoms with Gasteiger partial charge in [-0.1, -0.05) is 18.2 Å². The SMILES string of the molecule is Cc1cc(N2CCN(Cc3cnc(-c4ccccc4)o3)CC2)nc(N(C)C)n1. The van der Waals surface area contributed by atoms with Gasteiger partial charge < -0.3 is 14.2 Å². The van der Waals surface area contributed by atoms with Gasteiger partial charge in [0.1, 0.15) is 11.6 Å². The molecular weight excluding hydrogens is 352 g/mol. The molecule has 1 aliphatic heterocycles. The number of aromatic nitrogens is 3. The van der Waals surface area contributed by atoms with E-state index >= 15 is 0 Å². The van der Waals surface area contributed by atoms with Gasteiger partial charge >= 0.3 is 0 Å². The van der Waals surface area contributed by atoms with Crippen molar-refractivity contribution in [1.82, 2.24) is 19.9 Å². The Morgan fingerprint density at radius 3 is 2.50 bits per heavy atom. The van der Waals surface area contributed by atoms with E-state index in [-0.39, 0.29) is 0 Å². The summed E-state index contributed by atoms with van der Waals surface area (Å²) in [5, 5.41) is 0. The second-order valence-corrected chi connectivity index (χ2v) is 7.32. The molecule has 3 heterocycles. The molecule has 1 saturated heterocycles. The molecule has 28 heavy (non-hydrogen) atoms. The zero-order valence-corrected chi connectivity index (χ0v) is 16.7. The molecule has 3 aromatic rings. The average molecular weight is 378 g/mol. The number of piperazine rings is 1. The number of hydrogen-bond donors (Lipinski definition) is 0. The maximum atomic E-state index is 5.95. The summed E-state index contributed by atoms with van der Waals surface area (Å²) < 4.78 is 5.95. The minimum absolute atomic E-state index is 0.682. The number of oxazole rings is 1. The summed E-state index contributed by atoms with van der Waals surface area (Å²) in [5.41, 5.74) is 2.00. The Hall–Kier alpha value is -2.93. The Morgan fingerprint density at radius 1 is 1.04 bits per heavy atom. The van der Waals surface area contributed by atoms with Crippen molar-refractivity contribution in [2.24, 2.45) is 0 Å². The molecule has 0 radical (unpaired) electrons. The van der Waals surface area contributed by atoms with E-state index in [4.69, 9.17) is 9.40 Å². The van der Waals surface area contributed by atoms with Crippen LogP contribution in [-0.4, -0.2) is 60.1 Å². The van der Waals surface area contributed by atoms with Gasteiger partial charge in [-0.25, -0.2) is 9.97 Å². The highest BCUT2D eigenvalue weighted by atomic mass is 16.4. The third-order valence-corrected chi connectivity index (χ3v) is 4.88. The fraction of sp³-hybridized carbons (Fsp3) is 0.381. The van der Waals surface area contributed by atoms with E-state index in [0.29, 0.717) is 5.89 Å². The average Bonchev–Trinajstić information content (AvgIpc) is 3.17. The van der Waals surface area contributed by atoms with Crippen molar-refractivity contribution in [3.05, 3.63) is 54.0 Å². The summed E-state index contributed by atoms with van der Waals surface area (Å²) in [4.78, 5) is 20.3. The molecule has 4 rings (SSSR count). The normalized spacial score (nSPS) is 15.0. The van der Waals surface area contributed by atoms with Crippen LogP contribution in [-0.2, 0) is 6.54 Å². The molecule has 2 aromatic heterocycles. The van der Waals surface area contributed by atoms with Crippen molar-refractivity contribution in [2.45, 2.75) is 13.5 Å². The first-order valence-corrected chi connectivity index (χ1v) is 9.59. The number of hydrogen-bond acceptors (Lipinski definition) is 7. The Balaban J connectivity index is 1.37. The summed E-state index contributed by atoms with van der Waals surface area (Å²) in [7, 11) is 3.94. The first-order valence-electron chi connectivity index (χ1n) is 9.59. The summed E-state index contributed by atoms with van der Waals surface area (Å²) in [6.45, 7) is 6.58. The van der Waals surface area contributed by atoms with E-state index < -0.39 is 0 Å². The predicted molar refractivity (Wildman–Crippen MR) is 111 cm³/mol. The van der Waals surface area contributed by atoms with Gasteiger partial charge in [0.15, 0.2) is 0 Å². The van der Waals surface area contributed by atoms with Crippen LogP contribution in [0.5, 0.6) is 0 Å². The van der Waals surface area contributed by atoms with Gasteiger partial charge in [-0.3, -0.25) is 4.90 Å². The maximum absolute atomic E-state index is 5.95. The quantitative estimate of drug-likeness (QED) is 0.676. The number of benzene rings is 1. The van der Waals surface area contributed by atoms with Crippen LogP contribution in [0, 0.1) is 6.92 Å². The van der Waals surface area contributed by atoms with E-state index in [2.05, 4.69) is 25.8 Å². The van der Waals surface area contributed by atoms with E-state index in [9.17, 15) is 0 Å². The lowest BCUT2D eigenvalue weighted by Gasteiger charge is -2.35.